The Morgan fingerprint density at radius 3 is 3.04 bits per heavy atom. The van der Waals surface area contributed by atoms with E-state index in [-0.39, 0.29) is 31.0 Å². The number of nitrogens with zero attached hydrogens (tertiary/aromatic N) is 3. The number of rotatable bonds is 3. The fourth-order valence-corrected chi connectivity index (χ4v) is 2.67. The summed E-state index contributed by atoms with van der Waals surface area (Å²) in [6.07, 6.45) is 1.45. The van der Waals surface area contributed by atoms with Gasteiger partial charge in [-0.05, 0) is 12.1 Å². The number of hydrogen-bond acceptors (Lipinski definition) is 6. The van der Waals surface area contributed by atoms with Crippen molar-refractivity contribution in [3.63, 3.8) is 0 Å². The lowest BCUT2D eigenvalue weighted by atomic mass is 10.1. The van der Waals surface area contributed by atoms with E-state index in [0.717, 1.165) is 0 Å². The Bertz CT molecular complexity index is 761. The molecule has 0 saturated carbocycles. The second-order valence-electron chi connectivity index (χ2n) is 5.27. The van der Waals surface area contributed by atoms with Crippen LogP contribution in [0.25, 0.3) is 0 Å². The Hall–Kier alpha value is -3.10. The van der Waals surface area contributed by atoms with Crippen molar-refractivity contribution in [3.05, 3.63) is 24.5 Å². The van der Waals surface area contributed by atoms with Gasteiger partial charge in [0.2, 0.25) is 24.6 Å². The van der Waals surface area contributed by atoms with Crippen molar-refractivity contribution >= 4 is 23.5 Å². The molecule has 2 aromatic rings. The summed E-state index contributed by atoms with van der Waals surface area (Å²) in [5, 5.41) is 8.82. The number of fused-ring (bicyclic) bond motifs is 1. The third kappa shape index (κ3) is 2.45. The van der Waals surface area contributed by atoms with E-state index in [1.165, 1.54) is 6.33 Å². The number of aromatic nitrogens is 3. The van der Waals surface area contributed by atoms with Crippen molar-refractivity contribution in [1.29, 1.82) is 0 Å². The van der Waals surface area contributed by atoms with Gasteiger partial charge in [-0.1, -0.05) is 0 Å². The van der Waals surface area contributed by atoms with Crippen LogP contribution in [0, 0.1) is 5.92 Å². The fraction of sp³-hybridized carbons (Fsp3) is 0.286. The summed E-state index contributed by atoms with van der Waals surface area (Å²) in [6.45, 7) is 0.480. The number of hydrogen-bond donors (Lipinski definition) is 2. The monoisotopic (exact) mass is 315 g/mol. The van der Waals surface area contributed by atoms with Gasteiger partial charge in [-0.2, -0.15) is 10.1 Å². The van der Waals surface area contributed by atoms with Crippen LogP contribution in [0.1, 0.15) is 6.42 Å². The van der Waals surface area contributed by atoms with E-state index in [4.69, 9.17) is 9.47 Å². The van der Waals surface area contributed by atoms with Gasteiger partial charge in [-0.25, -0.2) is 5.10 Å². The van der Waals surface area contributed by atoms with Gasteiger partial charge in [0.15, 0.2) is 11.5 Å². The van der Waals surface area contributed by atoms with E-state index in [0.29, 0.717) is 23.7 Å². The predicted octanol–water partition coefficient (Wildman–Crippen LogP) is 0.525. The molecule has 1 fully saturated rings. The minimum absolute atomic E-state index is 0.110. The molecule has 0 aliphatic carbocycles. The minimum Gasteiger partial charge on any atom is -0.454 e. The van der Waals surface area contributed by atoms with Gasteiger partial charge < -0.3 is 14.4 Å². The van der Waals surface area contributed by atoms with Gasteiger partial charge in [0.1, 0.15) is 6.33 Å². The van der Waals surface area contributed by atoms with Crippen LogP contribution in [0.2, 0.25) is 0 Å². The molecule has 2 N–H and O–H groups in total. The average molecular weight is 315 g/mol. The fourth-order valence-electron chi connectivity index (χ4n) is 2.67. The molecule has 9 nitrogen and oxygen atoms in total. The lowest BCUT2D eigenvalue weighted by Gasteiger charge is -2.17. The van der Waals surface area contributed by atoms with Gasteiger partial charge in [0, 0.05) is 24.7 Å². The Morgan fingerprint density at radius 1 is 1.35 bits per heavy atom. The highest BCUT2D eigenvalue weighted by Crippen LogP contribution is 2.37. The Labute approximate surface area is 130 Å². The largest absolute Gasteiger partial charge is 0.454 e. The molecule has 23 heavy (non-hydrogen) atoms. The summed E-state index contributed by atoms with van der Waals surface area (Å²) in [7, 11) is 0. The molecule has 1 atom stereocenters. The molecular weight excluding hydrogens is 302 g/mol. The van der Waals surface area contributed by atoms with Gasteiger partial charge >= 0.3 is 0 Å². The number of aromatic amines is 1. The van der Waals surface area contributed by atoms with Crippen molar-refractivity contribution < 1.29 is 19.1 Å². The topological polar surface area (TPSA) is 109 Å². The zero-order valence-electron chi connectivity index (χ0n) is 12.0. The normalized spacial score (nSPS) is 19.2. The van der Waals surface area contributed by atoms with E-state index in [1.807, 2.05) is 0 Å². The summed E-state index contributed by atoms with van der Waals surface area (Å²) in [4.78, 5) is 29.8. The quantitative estimate of drug-likeness (QED) is 0.855. The molecule has 118 valence electrons. The molecule has 3 heterocycles. The van der Waals surface area contributed by atoms with Gasteiger partial charge in [-0.3, -0.25) is 14.9 Å². The Kier molecular flexibility index (Phi) is 3.11. The summed E-state index contributed by atoms with van der Waals surface area (Å²) < 4.78 is 10.6. The van der Waals surface area contributed by atoms with Gasteiger partial charge in [0.25, 0.3) is 0 Å². The first-order valence-electron chi connectivity index (χ1n) is 7.07. The van der Waals surface area contributed by atoms with Crippen LogP contribution in [0.5, 0.6) is 11.5 Å². The number of carbonyl (C=O) groups is 2. The van der Waals surface area contributed by atoms with Crippen LogP contribution < -0.4 is 19.7 Å². The molecule has 1 aromatic carbocycles. The lowest BCUT2D eigenvalue weighted by Crippen LogP contribution is -2.28. The van der Waals surface area contributed by atoms with Crippen LogP contribution in [-0.4, -0.2) is 40.3 Å². The smallest absolute Gasteiger partial charge is 0.232 e. The number of benzene rings is 1. The number of ether oxygens (including phenoxy) is 2. The molecule has 2 amide bonds. The first kappa shape index (κ1) is 13.6. The lowest BCUT2D eigenvalue weighted by molar-refractivity contribution is -0.122. The van der Waals surface area contributed by atoms with E-state index in [9.17, 15) is 9.59 Å². The van der Waals surface area contributed by atoms with Crippen molar-refractivity contribution in [2.24, 2.45) is 5.92 Å². The number of H-pyrrole nitrogens is 1. The maximum Gasteiger partial charge on any atom is 0.232 e. The van der Waals surface area contributed by atoms with Crippen LogP contribution >= 0.6 is 0 Å². The van der Waals surface area contributed by atoms with Crippen LogP contribution in [0.15, 0.2) is 24.5 Å². The number of anilines is 2. The van der Waals surface area contributed by atoms with Crippen molar-refractivity contribution in [2.75, 3.05) is 23.6 Å². The van der Waals surface area contributed by atoms with Crippen molar-refractivity contribution in [1.82, 2.24) is 15.2 Å². The molecule has 4 rings (SSSR count). The highest BCUT2D eigenvalue weighted by molar-refractivity contribution is 6.03. The third-order valence-electron chi connectivity index (χ3n) is 3.82. The zero-order chi connectivity index (χ0) is 15.8. The first-order valence-corrected chi connectivity index (χ1v) is 7.07. The maximum absolute atomic E-state index is 12.2. The molecule has 2 aliphatic heterocycles. The maximum atomic E-state index is 12.2. The second-order valence-corrected chi connectivity index (χ2v) is 5.27. The van der Waals surface area contributed by atoms with Crippen LogP contribution in [0.4, 0.5) is 11.6 Å². The summed E-state index contributed by atoms with van der Waals surface area (Å²) >= 11 is 0. The Balaban J connectivity index is 1.49. The molecule has 9 heteroatoms. The van der Waals surface area contributed by atoms with Gasteiger partial charge in [0.05, 0.1) is 5.92 Å². The molecule has 0 bridgehead atoms. The van der Waals surface area contributed by atoms with Crippen molar-refractivity contribution in [2.45, 2.75) is 6.42 Å². The van der Waals surface area contributed by atoms with Crippen LogP contribution in [0.3, 0.4) is 0 Å². The standard InChI is InChI=1S/C14H13N5O4/c20-12-3-8(13(21)17-14-15-6-16-18-14)5-19(12)9-1-2-10-11(4-9)23-7-22-10/h1-2,4,6,8H,3,5,7H2,(H2,15,16,17,18,21)/t8-/m1/s1. The first-order chi connectivity index (χ1) is 11.2. The number of amides is 2. The highest BCUT2D eigenvalue weighted by Gasteiger charge is 2.36. The molecular formula is C14H13N5O4. The summed E-state index contributed by atoms with van der Waals surface area (Å²) in [5.74, 6) is 0.701. The number of nitrogens with one attached hydrogen (secondary N) is 2. The highest BCUT2D eigenvalue weighted by atomic mass is 16.7. The minimum atomic E-state index is -0.446. The van der Waals surface area contributed by atoms with Crippen molar-refractivity contribution in [3.8, 4) is 11.5 Å². The molecule has 2 aliphatic rings. The van der Waals surface area contributed by atoms with E-state index >= 15 is 0 Å². The third-order valence-corrected chi connectivity index (χ3v) is 3.82. The predicted molar refractivity (Wildman–Crippen MR) is 78.0 cm³/mol. The van der Waals surface area contributed by atoms with Gasteiger partial charge in [-0.15, -0.1) is 0 Å². The second kappa shape index (κ2) is 5.27. The SMILES string of the molecule is O=C(Nc1ncn[nH]1)[C@@H]1CC(=O)N(c2ccc3c(c2)OCO3)C1. The molecule has 1 saturated heterocycles. The number of carbonyl (C=O) groups excluding carboxylic acids is 2. The summed E-state index contributed by atoms with van der Waals surface area (Å²) in [6, 6.07) is 5.28. The van der Waals surface area contributed by atoms with Crippen LogP contribution in [-0.2, 0) is 9.59 Å². The molecule has 1 aromatic heterocycles. The Morgan fingerprint density at radius 2 is 2.22 bits per heavy atom. The molecule has 0 spiro atoms. The van der Waals surface area contributed by atoms with E-state index in [2.05, 4.69) is 20.5 Å². The summed E-state index contributed by atoms with van der Waals surface area (Å²) in [5.41, 5.74) is 0.689. The molecule has 0 radical (unpaired) electrons. The average Bonchev–Trinajstić information content (AvgIpc) is 3.26. The van der Waals surface area contributed by atoms with E-state index in [1.54, 1.807) is 23.1 Å². The molecule has 0 unspecified atom stereocenters. The van der Waals surface area contributed by atoms with E-state index < -0.39 is 5.92 Å². The zero-order valence-corrected chi connectivity index (χ0v) is 12.0.